The van der Waals surface area contributed by atoms with Crippen LogP contribution in [0.25, 0.3) is 0 Å². The summed E-state index contributed by atoms with van der Waals surface area (Å²) in [6, 6.07) is 7.72. The van der Waals surface area contributed by atoms with Crippen molar-refractivity contribution in [3.05, 3.63) is 29.8 Å². The van der Waals surface area contributed by atoms with E-state index < -0.39 is 12.0 Å². The summed E-state index contributed by atoms with van der Waals surface area (Å²) in [6.45, 7) is 5.46. The van der Waals surface area contributed by atoms with E-state index in [4.69, 9.17) is 4.74 Å². The Morgan fingerprint density at radius 3 is 2.50 bits per heavy atom. The third kappa shape index (κ3) is 4.45. The molecule has 122 valence electrons. The van der Waals surface area contributed by atoms with E-state index in [1.807, 2.05) is 19.1 Å². The molecule has 5 nitrogen and oxygen atoms in total. The smallest absolute Gasteiger partial charge is 0.320 e. The fraction of sp³-hybridized carbons (Fsp3) is 0.588. The molecular formula is C17H26N2O3. The molecule has 0 amide bonds. The second-order valence-corrected chi connectivity index (χ2v) is 5.84. The Bertz CT molecular complexity index is 467. The highest BCUT2D eigenvalue weighted by molar-refractivity contribution is 5.73. The lowest BCUT2D eigenvalue weighted by Gasteiger charge is -2.34. The van der Waals surface area contributed by atoms with Crippen molar-refractivity contribution in [1.29, 1.82) is 0 Å². The number of nitrogens with one attached hydrogen (secondary N) is 1. The standard InChI is InChI=1S/C17H26N2O3/c1-3-18-16(17(20)21)14-8-10-19(11-9-14)12-13-4-6-15(22-2)7-5-13/h4-7,14,16,18H,3,8-12H2,1-2H3,(H,20,21). The second-order valence-electron chi connectivity index (χ2n) is 5.84. The highest BCUT2D eigenvalue weighted by Crippen LogP contribution is 2.23. The number of carboxylic acid groups (broad SMARTS) is 1. The molecule has 1 aromatic carbocycles. The summed E-state index contributed by atoms with van der Waals surface area (Å²) in [5, 5.41) is 12.4. The average molecular weight is 306 g/mol. The summed E-state index contributed by atoms with van der Waals surface area (Å²) in [7, 11) is 1.67. The summed E-state index contributed by atoms with van der Waals surface area (Å²) in [5.41, 5.74) is 1.26. The monoisotopic (exact) mass is 306 g/mol. The number of nitrogens with zero attached hydrogens (tertiary/aromatic N) is 1. The number of rotatable bonds is 7. The first-order chi connectivity index (χ1) is 10.6. The van der Waals surface area contributed by atoms with Crippen molar-refractivity contribution in [2.75, 3.05) is 26.7 Å². The van der Waals surface area contributed by atoms with Crippen molar-refractivity contribution in [2.24, 2.45) is 5.92 Å². The molecule has 1 aliphatic heterocycles. The molecule has 5 heteroatoms. The molecule has 0 aromatic heterocycles. The average Bonchev–Trinajstić information content (AvgIpc) is 2.54. The fourth-order valence-corrected chi connectivity index (χ4v) is 3.11. The second kappa shape index (κ2) is 8.15. The van der Waals surface area contributed by atoms with Gasteiger partial charge in [0.15, 0.2) is 0 Å². The van der Waals surface area contributed by atoms with Crippen molar-refractivity contribution in [3.8, 4) is 5.75 Å². The Morgan fingerprint density at radius 2 is 2.00 bits per heavy atom. The number of piperidine rings is 1. The zero-order chi connectivity index (χ0) is 15.9. The first-order valence-corrected chi connectivity index (χ1v) is 7.95. The normalized spacial score (nSPS) is 18.1. The lowest BCUT2D eigenvalue weighted by molar-refractivity contribution is -0.141. The van der Waals surface area contributed by atoms with E-state index in [1.165, 1.54) is 5.56 Å². The Labute approximate surface area is 132 Å². The topological polar surface area (TPSA) is 61.8 Å². The lowest BCUT2D eigenvalue weighted by Crippen LogP contribution is -2.47. The van der Waals surface area contributed by atoms with Crippen LogP contribution in [-0.4, -0.2) is 48.8 Å². The quantitative estimate of drug-likeness (QED) is 0.806. The first-order valence-electron chi connectivity index (χ1n) is 7.95. The molecule has 1 heterocycles. The van der Waals surface area contributed by atoms with Crippen molar-refractivity contribution < 1.29 is 14.6 Å². The van der Waals surface area contributed by atoms with Gasteiger partial charge in [-0.2, -0.15) is 0 Å². The van der Waals surface area contributed by atoms with Crippen LogP contribution in [0, 0.1) is 5.92 Å². The van der Waals surface area contributed by atoms with E-state index in [-0.39, 0.29) is 5.92 Å². The van der Waals surface area contributed by atoms with Crippen molar-refractivity contribution in [3.63, 3.8) is 0 Å². The molecule has 2 N–H and O–H groups in total. The van der Waals surface area contributed by atoms with Gasteiger partial charge in [0.2, 0.25) is 0 Å². The summed E-state index contributed by atoms with van der Waals surface area (Å²) >= 11 is 0. The number of ether oxygens (including phenoxy) is 1. The van der Waals surface area contributed by atoms with Gasteiger partial charge in [-0.15, -0.1) is 0 Å². The minimum atomic E-state index is -0.726. The number of hydrogen-bond acceptors (Lipinski definition) is 4. The van der Waals surface area contributed by atoms with Crippen LogP contribution in [-0.2, 0) is 11.3 Å². The van der Waals surface area contributed by atoms with E-state index in [2.05, 4.69) is 22.3 Å². The number of benzene rings is 1. The summed E-state index contributed by atoms with van der Waals surface area (Å²) in [5.74, 6) is 0.373. The zero-order valence-corrected chi connectivity index (χ0v) is 13.4. The van der Waals surface area contributed by atoms with E-state index in [9.17, 15) is 9.90 Å². The molecule has 2 rings (SSSR count). The van der Waals surface area contributed by atoms with Crippen LogP contribution in [0.4, 0.5) is 0 Å². The van der Waals surface area contributed by atoms with Crippen LogP contribution < -0.4 is 10.1 Å². The van der Waals surface area contributed by atoms with Crippen LogP contribution in [0.2, 0.25) is 0 Å². The van der Waals surface area contributed by atoms with Crippen LogP contribution in [0.5, 0.6) is 5.75 Å². The maximum Gasteiger partial charge on any atom is 0.320 e. The molecule has 1 fully saturated rings. The highest BCUT2D eigenvalue weighted by Gasteiger charge is 2.30. The summed E-state index contributed by atoms with van der Waals surface area (Å²) in [4.78, 5) is 13.7. The molecule has 1 aromatic rings. The molecular weight excluding hydrogens is 280 g/mol. The van der Waals surface area contributed by atoms with Crippen molar-refractivity contribution in [1.82, 2.24) is 10.2 Å². The minimum absolute atomic E-state index is 0.226. The van der Waals surface area contributed by atoms with Crippen LogP contribution >= 0.6 is 0 Å². The SMILES string of the molecule is CCNC(C(=O)O)C1CCN(Cc2ccc(OC)cc2)CC1. The predicted octanol–water partition coefficient (Wildman–Crippen LogP) is 1.97. The van der Waals surface area contributed by atoms with Gasteiger partial charge in [0.05, 0.1) is 7.11 Å². The number of likely N-dealkylation sites (tertiary alicyclic amines) is 1. The largest absolute Gasteiger partial charge is 0.497 e. The molecule has 1 unspecified atom stereocenters. The van der Waals surface area contributed by atoms with Gasteiger partial charge in [-0.05, 0) is 56.1 Å². The van der Waals surface area contributed by atoms with Gasteiger partial charge in [-0.3, -0.25) is 9.69 Å². The number of carboxylic acids is 1. The van der Waals surface area contributed by atoms with Crippen LogP contribution in [0.3, 0.4) is 0 Å². The van der Waals surface area contributed by atoms with Crippen molar-refractivity contribution in [2.45, 2.75) is 32.4 Å². The van der Waals surface area contributed by atoms with Gasteiger partial charge >= 0.3 is 5.97 Å². The Kier molecular flexibility index (Phi) is 6.21. The number of carbonyl (C=O) groups is 1. The molecule has 1 aliphatic rings. The minimum Gasteiger partial charge on any atom is -0.497 e. The molecule has 0 saturated carbocycles. The maximum atomic E-state index is 11.3. The molecule has 0 radical (unpaired) electrons. The highest BCUT2D eigenvalue weighted by atomic mass is 16.5. The number of methoxy groups -OCH3 is 1. The number of hydrogen-bond donors (Lipinski definition) is 2. The van der Waals surface area contributed by atoms with Gasteiger partial charge < -0.3 is 15.2 Å². The van der Waals surface area contributed by atoms with Crippen LogP contribution in [0.15, 0.2) is 24.3 Å². The third-order valence-corrected chi connectivity index (χ3v) is 4.36. The molecule has 1 atom stereocenters. The van der Waals surface area contributed by atoms with Crippen molar-refractivity contribution >= 4 is 5.97 Å². The van der Waals surface area contributed by atoms with Gasteiger partial charge in [-0.25, -0.2) is 0 Å². The molecule has 1 saturated heterocycles. The zero-order valence-electron chi connectivity index (χ0n) is 13.4. The van der Waals surface area contributed by atoms with E-state index in [0.717, 1.165) is 38.2 Å². The summed E-state index contributed by atoms with van der Waals surface area (Å²) < 4.78 is 5.17. The maximum absolute atomic E-state index is 11.3. The van der Waals surface area contributed by atoms with Gasteiger partial charge in [0, 0.05) is 6.54 Å². The lowest BCUT2D eigenvalue weighted by atomic mass is 9.89. The predicted molar refractivity (Wildman–Crippen MR) is 86.1 cm³/mol. The van der Waals surface area contributed by atoms with Crippen LogP contribution in [0.1, 0.15) is 25.3 Å². The Balaban J connectivity index is 1.84. The van der Waals surface area contributed by atoms with Gasteiger partial charge in [0.25, 0.3) is 0 Å². The van der Waals surface area contributed by atoms with E-state index in [1.54, 1.807) is 7.11 Å². The number of aliphatic carboxylic acids is 1. The molecule has 0 bridgehead atoms. The number of likely N-dealkylation sites (N-methyl/N-ethyl adjacent to an activating group) is 1. The molecule has 0 aliphatic carbocycles. The van der Waals surface area contributed by atoms with E-state index >= 15 is 0 Å². The first kappa shape index (κ1) is 16.8. The van der Waals surface area contributed by atoms with Gasteiger partial charge in [0.1, 0.15) is 11.8 Å². The van der Waals surface area contributed by atoms with Gasteiger partial charge in [-0.1, -0.05) is 19.1 Å². The Hall–Kier alpha value is -1.59. The van der Waals surface area contributed by atoms with E-state index in [0.29, 0.717) is 6.54 Å². The summed E-state index contributed by atoms with van der Waals surface area (Å²) in [6.07, 6.45) is 1.86. The molecule has 0 spiro atoms. The fourth-order valence-electron chi connectivity index (χ4n) is 3.11. The Morgan fingerprint density at radius 1 is 1.36 bits per heavy atom. The third-order valence-electron chi connectivity index (χ3n) is 4.36. The molecule has 22 heavy (non-hydrogen) atoms.